The number of carbonyl (C=O) groups excluding carboxylic acids is 1. The molecule has 0 atom stereocenters. The number of halogens is 2. The first-order valence-electron chi connectivity index (χ1n) is 4.10. The molecule has 0 bridgehead atoms. The first-order chi connectivity index (χ1) is 6.63. The average Bonchev–Trinajstić information content (AvgIpc) is 2.45. The SMILES string of the molecule is C/C=C1\NC(=O)c2cc(F)c(F)cc21. The van der Waals surface area contributed by atoms with Gasteiger partial charge in [-0.3, -0.25) is 4.79 Å². The van der Waals surface area contributed by atoms with Crippen molar-refractivity contribution < 1.29 is 13.6 Å². The van der Waals surface area contributed by atoms with Crippen LogP contribution in [0.3, 0.4) is 0 Å². The van der Waals surface area contributed by atoms with Gasteiger partial charge < -0.3 is 5.32 Å². The fourth-order valence-electron chi connectivity index (χ4n) is 1.44. The summed E-state index contributed by atoms with van der Waals surface area (Å²) in [6.07, 6.45) is 1.64. The lowest BCUT2D eigenvalue weighted by Crippen LogP contribution is -2.11. The number of hydrogen-bond donors (Lipinski definition) is 1. The molecule has 0 spiro atoms. The van der Waals surface area contributed by atoms with Gasteiger partial charge in [0, 0.05) is 11.3 Å². The third kappa shape index (κ3) is 1.11. The highest BCUT2D eigenvalue weighted by Crippen LogP contribution is 2.26. The molecule has 1 aromatic rings. The van der Waals surface area contributed by atoms with Gasteiger partial charge in [0.05, 0.1) is 5.56 Å². The molecule has 0 radical (unpaired) electrons. The Labute approximate surface area is 79.2 Å². The zero-order valence-corrected chi connectivity index (χ0v) is 7.40. The van der Waals surface area contributed by atoms with E-state index in [0.29, 0.717) is 11.3 Å². The Morgan fingerprint density at radius 2 is 1.79 bits per heavy atom. The second-order valence-electron chi connectivity index (χ2n) is 2.97. The Morgan fingerprint density at radius 1 is 1.21 bits per heavy atom. The summed E-state index contributed by atoms with van der Waals surface area (Å²) >= 11 is 0. The van der Waals surface area contributed by atoms with E-state index in [-0.39, 0.29) is 5.56 Å². The van der Waals surface area contributed by atoms with Gasteiger partial charge in [-0.15, -0.1) is 0 Å². The predicted octanol–water partition coefficient (Wildman–Crippen LogP) is 2.07. The van der Waals surface area contributed by atoms with Crippen molar-refractivity contribution in [3.63, 3.8) is 0 Å². The quantitative estimate of drug-likeness (QED) is 0.674. The van der Waals surface area contributed by atoms with Gasteiger partial charge in [0.2, 0.25) is 0 Å². The molecule has 0 fully saturated rings. The van der Waals surface area contributed by atoms with Gasteiger partial charge in [-0.05, 0) is 19.1 Å². The van der Waals surface area contributed by atoms with Crippen LogP contribution < -0.4 is 5.32 Å². The lowest BCUT2D eigenvalue weighted by molar-refractivity contribution is 0.0980. The van der Waals surface area contributed by atoms with Crippen molar-refractivity contribution in [2.75, 3.05) is 0 Å². The minimum Gasteiger partial charge on any atom is -0.322 e. The van der Waals surface area contributed by atoms with Gasteiger partial charge in [0.15, 0.2) is 11.6 Å². The van der Waals surface area contributed by atoms with E-state index >= 15 is 0 Å². The summed E-state index contributed by atoms with van der Waals surface area (Å²) in [5.74, 6) is -2.34. The normalized spacial score (nSPS) is 17.1. The molecule has 1 amide bonds. The number of fused-ring (bicyclic) bond motifs is 1. The third-order valence-corrected chi connectivity index (χ3v) is 2.13. The highest BCUT2D eigenvalue weighted by Gasteiger charge is 2.25. The maximum atomic E-state index is 12.9. The molecule has 0 aliphatic carbocycles. The standard InChI is InChI=1S/C10H7F2NO/c1-2-9-5-3-7(11)8(12)4-6(5)10(14)13-9/h2-4H,1H3,(H,13,14)/b9-2-. The van der Waals surface area contributed by atoms with Gasteiger partial charge in [-0.1, -0.05) is 6.08 Å². The monoisotopic (exact) mass is 195 g/mol. The van der Waals surface area contributed by atoms with Gasteiger partial charge in [0.1, 0.15) is 0 Å². The predicted molar refractivity (Wildman–Crippen MR) is 47.5 cm³/mol. The largest absolute Gasteiger partial charge is 0.322 e. The van der Waals surface area contributed by atoms with Crippen LogP contribution in [0.5, 0.6) is 0 Å². The molecule has 14 heavy (non-hydrogen) atoms. The number of nitrogens with one attached hydrogen (secondary N) is 1. The van der Waals surface area contributed by atoms with Crippen LogP contribution in [0.2, 0.25) is 0 Å². The Balaban J connectivity index is 2.70. The molecule has 0 saturated heterocycles. The van der Waals surface area contributed by atoms with E-state index in [9.17, 15) is 13.6 Å². The Kier molecular flexibility index (Phi) is 1.84. The van der Waals surface area contributed by atoms with E-state index in [2.05, 4.69) is 5.32 Å². The molecular weight excluding hydrogens is 188 g/mol. The van der Waals surface area contributed by atoms with Crippen molar-refractivity contribution in [1.82, 2.24) is 5.32 Å². The first-order valence-corrected chi connectivity index (χ1v) is 4.10. The smallest absolute Gasteiger partial charge is 0.256 e. The molecule has 0 unspecified atom stereocenters. The van der Waals surface area contributed by atoms with Gasteiger partial charge in [0.25, 0.3) is 5.91 Å². The van der Waals surface area contributed by atoms with E-state index in [4.69, 9.17) is 0 Å². The highest BCUT2D eigenvalue weighted by atomic mass is 19.2. The van der Waals surface area contributed by atoms with Crippen molar-refractivity contribution in [2.45, 2.75) is 6.92 Å². The summed E-state index contributed by atoms with van der Waals surface area (Å²) in [6, 6.07) is 1.94. The second kappa shape index (κ2) is 2.90. The molecule has 1 aliphatic heterocycles. The summed E-state index contributed by atoms with van der Waals surface area (Å²) in [5, 5.41) is 2.51. The van der Waals surface area contributed by atoms with Crippen molar-refractivity contribution in [2.24, 2.45) is 0 Å². The molecule has 0 saturated carbocycles. The summed E-state index contributed by atoms with van der Waals surface area (Å²) in [6.45, 7) is 1.71. The van der Waals surface area contributed by atoms with Crippen LogP contribution in [-0.2, 0) is 0 Å². The Bertz CT molecular complexity index is 452. The number of carbonyl (C=O) groups is 1. The van der Waals surface area contributed by atoms with E-state index in [1.165, 1.54) is 0 Å². The van der Waals surface area contributed by atoms with Crippen molar-refractivity contribution >= 4 is 11.6 Å². The van der Waals surface area contributed by atoms with Crippen molar-refractivity contribution in [3.8, 4) is 0 Å². The fraction of sp³-hybridized carbons (Fsp3) is 0.100. The minimum absolute atomic E-state index is 0.178. The molecule has 1 aromatic carbocycles. The number of benzene rings is 1. The lowest BCUT2D eigenvalue weighted by Gasteiger charge is -1.98. The van der Waals surface area contributed by atoms with Gasteiger partial charge in [-0.25, -0.2) is 8.78 Å². The van der Waals surface area contributed by atoms with Crippen LogP contribution in [0.15, 0.2) is 18.2 Å². The highest BCUT2D eigenvalue weighted by molar-refractivity contribution is 6.09. The number of allylic oxidation sites excluding steroid dienone is 1. The minimum atomic E-state index is -1.00. The maximum Gasteiger partial charge on any atom is 0.256 e. The van der Waals surface area contributed by atoms with E-state index < -0.39 is 17.5 Å². The summed E-state index contributed by atoms with van der Waals surface area (Å²) in [7, 11) is 0. The molecule has 2 nitrogen and oxygen atoms in total. The summed E-state index contributed by atoms with van der Waals surface area (Å²) < 4.78 is 25.7. The van der Waals surface area contributed by atoms with Crippen molar-refractivity contribution in [1.29, 1.82) is 0 Å². The number of rotatable bonds is 0. The van der Waals surface area contributed by atoms with E-state index in [1.807, 2.05) is 0 Å². The molecule has 1 N–H and O–H groups in total. The fourth-order valence-corrected chi connectivity index (χ4v) is 1.44. The van der Waals surface area contributed by atoms with E-state index in [1.54, 1.807) is 13.0 Å². The molecule has 0 aromatic heterocycles. The lowest BCUT2D eigenvalue weighted by atomic mass is 10.1. The average molecular weight is 195 g/mol. The molecule has 4 heteroatoms. The Hall–Kier alpha value is -1.71. The van der Waals surface area contributed by atoms with Crippen LogP contribution in [0.1, 0.15) is 22.8 Å². The zero-order valence-electron chi connectivity index (χ0n) is 7.40. The van der Waals surface area contributed by atoms with Gasteiger partial charge in [-0.2, -0.15) is 0 Å². The van der Waals surface area contributed by atoms with Crippen LogP contribution in [0, 0.1) is 11.6 Å². The van der Waals surface area contributed by atoms with Crippen LogP contribution >= 0.6 is 0 Å². The summed E-state index contributed by atoms with van der Waals surface area (Å²) in [5.41, 5.74) is 1.11. The molecule has 1 heterocycles. The molecular formula is C10H7F2NO. The first kappa shape index (κ1) is 8.87. The molecule has 1 aliphatic rings. The van der Waals surface area contributed by atoms with Gasteiger partial charge >= 0.3 is 0 Å². The van der Waals surface area contributed by atoms with Crippen LogP contribution in [0.25, 0.3) is 5.70 Å². The zero-order chi connectivity index (χ0) is 10.3. The summed E-state index contributed by atoms with van der Waals surface area (Å²) in [4.78, 5) is 11.3. The van der Waals surface area contributed by atoms with E-state index in [0.717, 1.165) is 12.1 Å². The second-order valence-corrected chi connectivity index (χ2v) is 2.97. The molecule has 2 rings (SSSR count). The number of amides is 1. The van der Waals surface area contributed by atoms with Crippen molar-refractivity contribution in [3.05, 3.63) is 41.0 Å². The topological polar surface area (TPSA) is 29.1 Å². The van der Waals surface area contributed by atoms with Crippen LogP contribution in [0.4, 0.5) is 8.78 Å². The maximum absolute atomic E-state index is 12.9. The molecule has 72 valence electrons. The number of hydrogen-bond acceptors (Lipinski definition) is 1. The third-order valence-electron chi connectivity index (χ3n) is 2.13. The van der Waals surface area contributed by atoms with Crippen LogP contribution in [-0.4, -0.2) is 5.91 Å². The Morgan fingerprint density at radius 3 is 2.36 bits per heavy atom.